The molecule has 0 radical (unpaired) electrons. The van der Waals surface area contributed by atoms with Gasteiger partial charge in [-0.1, -0.05) is 18.2 Å². The first-order valence-electron chi connectivity index (χ1n) is 15.3. The number of hydrogen-bond acceptors (Lipinski definition) is 7. The third-order valence-corrected chi connectivity index (χ3v) is 8.39. The Morgan fingerprint density at radius 2 is 1.78 bits per heavy atom. The Balaban J connectivity index is 1.47. The van der Waals surface area contributed by atoms with E-state index in [0.717, 1.165) is 23.2 Å². The van der Waals surface area contributed by atoms with Gasteiger partial charge in [0, 0.05) is 60.3 Å². The summed E-state index contributed by atoms with van der Waals surface area (Å²) in [6.45, 7) is 11.7. The van der Waals surface area contributed by atoms with E-state index < -0.39 is 23.5 Å². The molecule has 11 heteroatoms. The van der Waals surface area contributed by atoms with Crippen LogP contribution in [0.5, 0.6) is 5.75 Å². The molecule has 0 bridgehead atoms. The highest BCUT2D eigenvalue weighted by molar-refractivity contribution is 5.94. The molecule has 10 nitrogen and oxygen atoms in total. The van der Waals surface area contributed by atoms with Crippen LogP contribution in [0.2, 0.25) is 0 Å². The molecule has 45 heavy (non-hydrogen) atoms. The van der Waals surface area contributed by atoms with E-state index in [1.54, 1.807) is 38.7 Å². The molecular weight excluding hydrogens is 577 g/mol. The number of aromatic nitrogens is 3. The Bertz CT molecular complexity index is 1770. The number of fused-ring (bicyclic) bond motifs is 2. The first-order valence-corrected chi connectivity index (χ1v) is 15.3. The Morgan fingerprint density at radius 3 is 2.44 bits per heavy atom. The minimum atomic E-state index is -1.43. The average molecular weight is 616 g/mol. The van der Waals surface area contributed by atoms with E-state index >= 15 is 4.39 Å². The van der Waals surface area contributed by atoms with E-state index in [2.05, 4.69) is 17.0 Å². The topological polar surface area (TPSA) is 110 Å². The van der Waals surface area contributed by atoms with Gasteiger partial charge >= 0.3 is 5.97 Å². The van der Waals surface area contributed by atoms with Crippen LogP contribution in [0.3, 0.4) is 0 Å². The molecule has 2 aliphatic rings. The van der Waals surface area contributed by atoms with Crippen LogP contribution in [0.15, 0.2) is 42.5 Å². The van der Waals surface area contributed by atoms with E-state index in [0.29, 0.717) is 61.8 Å². The summed E-state index contributed by atoms with van der Waals surface area (Å²) >= 11 is 0. The normalized spacial score (nSPS) is 16.0. The number of carbonyl (C=O) groups excluding carboxylic acids is 1. The minimum Gasteiger partial charge on any atom is -0.490 e. The van der Waals surface area contributed by atoms with Crippen molar-refractivity contribution in [2.75, 3.05) is 37.7 Å². The molecule has 6 rings (SSSR count). The van der Waals surface area contributed by atoms with Gasteiger partial charge in [-0.15, -0.1) is 0 Å². The molecule has 2 aromatic heterocycles. The smallest absolute Gasteiger partial charge is 0.337 e. The minimum absolute atomic E-state index is 0.177. The largest absolute Gasteiger partial charge is 0.490 e. The third-order valence-electron chi connectivity index (χ3n) is 8.39. The maximum Gasteiger partial charge on any atom is 0.337 e. The van der Waals surface area contributed by atoms with Gasteiger partial charge in [-0.05, 0) is 71.2 Å². The highest BCUT2D eigenvalue weighted by Gasteiger charge is 2.35. The van der Waals surface area contributed by atoms with Crippen molar-refractivity contribution in [2.24, 2.45) is 0 Å². The number of anilines is 1. The number of carbonyl (C=O) groups is 2. The molecule has 1 saturated heterocycles. The second-order valence-electron chi connectivity index (χ2n) is 12.6. The van der Waals surface area contributed by atoms with Gasteiger partial charge in [0.1, 0.15) is 0 Å². The van der Waals surface area contributed by atoms with Crippen LogP contribution in [-0.2, 0) is 16.0 Å². The zero-order valence-corrected chi connectivity index (χ0v) is 26.3. The second-order valence-corrected chi connectivity index (χ2v) is 12.6. The fourth-order valence-electron chi connectivity index (χ4n) is 6.27. The van der Waals surface area contributed by atoms with Gasteiger partial charge in [-0.25, -0.2) is 18.7 Å². The van der Waals surface area contributed by atoms with Crippen LogP contribution in [0, 0.1) is 19.7 Å². The number of para-hydroxylation sites is 1. The Morgan fingerprint density at radius 1 is 1.07 bits per heavy atom. The number of nitrogens with zero attached hydrogens (tertiary/aromatic N) is 5. The van der Waals surface area contributed by atoms with Crippen molar-refractivity contribution in [3.63, 3.8) is 0 Å². The van der Waals surface area contributed by atoms with Gasteiger partial charge in [0.2, 0.25) is 0 Å². The molecule has 4 heterocycles. The summed E-state index contributed by atoms with van der Waals surface area (Å²) in [6, 6.07) is 13.0. The Kier molecular flexibility index (Phi) is 7.98. The Hall–Kier alpha value is -4.51. The number of halogens is 1. The van der Waals surface area contributed by atoms with Gasteiger partial charge in [0.05, 0.1) is 17.9 Å². The lowest BCUT2D eigenvalue weighted by atomic mass is 9.91. The molecular formula is C34H38FN5O5. The zero-order chi connectivity index (χ0) is 32.0. The lowest BCUT2D eigenvalue weighted by molar-refractivity contribution is -0.160. The van der Waals surface area contributed by atoms with Crippen LogP contribution in [0.1, 0.15) is 66.2 Å². The predicted molar refractivity (Wildman–Crippen MR) is 167 cm³/mol. The first-order chi connectivity index (χ1) is 21.4. The fourth-order valence-corrected chi connectivity index (χ4v) is 6.27. The maximum absolute atomic E-state index is 15.6. The average Bonchev–Trinajstić information content (AvgIpc) is 3.44. The van der Waals surface area contributed by atoms with Crippen LogP contribution in [-0.4, -0.2) is 74.9 Å². The molecule has 1 atom stereocenters. The van der Waals surface area contributed by atoms with Crippen LogP contribution < -0.4 is 9.64 Å². The molecule has 1 fully saturated rings. The van der Waals surface area contributed by atoms with Crippen molar-refractivity contribution < 1.29 is 28.6 Å². The molecule has 0 aliphatic carbocycles. The number of hydrogen-bond donors (Lipinski definition) is 1. The zero-order valence-electron chi connectivity index (χ0n) is 26.3. The molecule has 236 valence electrons. The Labute approximate surface area is 261 Å². The molecule has 0 spiro atoms. The SMILES string of the molecule is Cc1nc2cc(C(=O)N3CCN(c4ccccc4)CC3)nn2c(-c2cc(F)c3c(c2C)CCCO3)c1[C@H](OC(C)(C)C)C(=O)O. The van der Waals surface area contributed by atoms with Crippen molar-refractivity contribution in [1.82, 2.24) is 19.5 Å². The van der Waals surface area contributed by atoms with Crippen molar-refractivity contribution in [3.8, 4) is 17.0 Å². The molecule has 2 aliphatic heterocycles. The molecule has 4 aromatic rings. The first kappa shape index (κ1) is 30.5. The van der Waals surface area contributed by atoms with Gasteiger partial charge in [0.25, 0.3) is 5.91 Å². The van der Waals surface area contributed by atoms with Gasteiger partial charge in [0.15, 0.2) is 29.0 Å². The molecule has 0 unspecified atom stereocenters. The third kappa shape index (κ3) is 5.84. The second kappa shape index (κ2) is 11.8. The summed E-state index contributed by atoms with van der Waals surface area (Å²) in [5.41, 5.74) is 3.71. The van der Waals surface area contributed by atoms with E-state index in [-0.39, 0.29) is 22.9 Å². The van der Waals surface area contributed by atoms with Crippen LogP contribution in [0.4, 0.5) is 10.1 Å². The number of aryl methyl sites for hydroxylation is 1. The van der Waals surface area contributed by atoms with Crippen LogP contribution >= 0.6 is 0 Å². The number of piperazine rings is 1. The van der Waals surface area contributed by atoms with Gasteiger partial charge in [-0.2, -0.15) is 5.10 Å². The van der Waals surface area contributed by atoms with Crippen molar-refractivity contribution in [1.29, 1.82) is 0 Å². The van der Waals surface area contributed by atoms with E-state index in [9.17, 15) is 14.7 Å². The lowest BCUT2D eigenvalue weighted by Crippen LogP contribution is -2.48. The number of aliphatic carboxylic acids is 1. The molecule has 0 saturated carbocycles. The standard InChI is InChI=1S/C34H38FN5O5/c1-20-23-12-9-17-44-30(23)25(35)18-24(20)29-28(31(33(42)43)45-34(3,4)5)21(2)36-27-19-26(37-40(27)29)32(41)39-15-13-38(14-16-39)22-10-7-6-8-11-22/h6-8,10-11,18-19,31H,9,12-17H2,1-5H3,(H,42,43)/t31-/m0/s1. The summed E-state index contributed by atoms with van der Waals surface area (Å²) in [5, 5.41) is 15.1. The molecule has 1 N–H and O–H groups in total. The number of benzene rings is 2. The predicted octanol–water partition coefficient (Wildman–Crippen LogP) is 5.38. The molecule has 2 aromatic carbocycles. The summed E-state index contributed by atoms with van der Waals surface area (Å²) in [7, 11) is 0. The number of ether oxygens (including phenoxy) is 2. The summed E-state index contributed by atoms with van der Waals surface area (Å²) in [5.74, 6) is -1.78. The van der Waals surface area contributed by atoms with E-state index in [1.165, 1.54) is 10.6 Å². The van der Waals surface area contributed by atoms with Crippen LogP contribution in [0.25, 0.3) is 16.9 Å². The van der Waals surface area contributed by atoms with Crippen molar-refractivity contribution in [2.45, 2.75) is 59.2 Å². The highest BCUT2D eigenvalue weighted by Crippen LogP contribution is 2.41. The van der Waals surface area contributed by atoms with Crippen molar-refractivity contribution in [3.05, 3.63) is 76.4 Å². The van der Waals surface area contributed by atoms with Gasteiger partial charge < -0.3 is 24.4 Å². The number of rotatable bonds is 6. The van der Waals surface area contributed by atoms with Gasteiger partial charge in [-0.3, -0.25) is 4.79 Å². The lowest BCUT2D eigenvalue weighted by Gasteiger charge is -2.35. The molecule has 1 amide bonds. The summed E-state index contributed by atoms with van der Waals surface area (Å²) in [4.78, 5) is 35.2. The quantitative estimate of drug-likeness (QED) is 0.308. The van der Waals surface area contributed by atoms with E-state index in [1.807, 2.05) is 25.1 Å². The van der Waals surface area contributed by atoms with E-state index in [4.69, 9.17) is 19.6 Å². The highest BCUT2D eigenvalue weighted by atomic mass is 19.1. The number of amides is 1. The number of carboxylic acids is 1. The summed E-state index contributed by atoms with van der Waals surface area (Å²) in [6.07, 6.45) is -0.0781. The monoisotopic (exact) mass is 615 g/mol. The summed E-state index contributed by atoms with van der Waals surface area (Å²) < 4.78 is 28.8. The number of carboxylic acid groups (broad SMARTS) is 1. The van der Waals surface area contributed by atoms with Crippen molar-refractivity contribution >= 4 is 23.2 Å². The maximum atomic E-state index is 15.6. The fraction of sp³-hybridized carbons (Fsp3) is 0.412.